The van der Waals surface area contributed by atoms with Gasteiger partial charge in [0.05, 0.1) is 5.39 Å². The van der Waals surface area contributed by atoms with Gasteiger partial charge in [-0.05, 0) is 36.8 Å². The van der Waals surface area contributed by atoms with Crippen LogP contribution in [-0.4, -0.2) is 53.8 Å². The number of fused-ring (bicyclic) bond motifs is 1. The zero-order chi connectivity index (χ0) is 21.6. The van der Waals surface area contributed by atoms with Crippen molar-refractivity contribution in [2.45, 2.75) is 12.6 Å². The summed E-state index contributed by atoms with van der Waals surface area (Å²) in [4.78, 5) is 23.4. The van der Waals surface area contributed by atoms with Gasteiger partial charge in [0.25, 0.3) is 5.91 Å². The predicted octanol–water partition coefficient (Wildman–Crippen LogP) is 3.44. The van der Waals surface area contributed by atoms with Crippen molar-refractivity contribution >= 4 is 34.4 Å². The van der Waals surface area contributed by atoms with Crippen molar-refractivity contribution in [3.05, 3.63) is 42.1 Å². The second kappa shape index (κ2) is 9.44. The number of H-pyrrole nitrogens is 1. The first-order chi connectivity index (χ1) is 14.4. The number of aromatic nitrogens is 3. The number of nitrogens with one attached hydrogen (secondary N) is 4. The second-order valence-electron chi connectivity index (χ2n) is 6.41. The lowest BCUT2D eigenvalue weighted by Gasteiger charge is -2.12. The molecule has 160 valence electrons. The van der Waals surface area contributed by atoms with E-state index in [0.717, 1.165) is 0 Å². The number of alkyl halides is 3. The molecule has 0 aliphatic carbocycles. The third kappa shape index (κ3) is 5.83. The molecule has 2 heterocycles. The number of halogens is 3. The van der Waals surface area contributed by atoms with Gasteiger partial charge in [0.1, 0.15) is 18.0 Å². The zero-order valence-electron chi connectivity index (χ0n) is 16.1. The van der Waals surface area contributed by atoms with Crippen molar-refractivity contribution in [2.24, 2.45) is 0 Å². The van der Waals surface area contributed by atoms with E-state index >= 15 is 0 Å². The van der Waals surface area contributed by atoms with Gasteiger partial charge in [0.15, 0.2) is 0 Å². The molecule has 0 aliphatic heterocycles. The topological polar surface area (TPSA) is 104 Å². The standard InChI is InChI=1S/C19H21F3N6O2/c1-30-10-2-8-24-17(29)12-3-5-13(6-4-12)26-18-27-15-14(7-9-23-15)16(28-18)25-11-19(20,21)22/h3-7,9H,2,8,10-11H2,1H3,(H,24,29)(H3,23,25,26,27,28). The fourth-order valence-corrected chi connectivity index (χ4v) is 2.67. The highest BCUT2D eigenvalue weighted by molar-refractivity contribution is 5.94. The predicted molar refractivity (Wildman–Crippen MR) is 107 cm³/mol. The smallest absolute Gasteiger partial charge is 0.385 e. The van der Waals surface area contributed by atoms with Gasteiger partial charge < -0.3 is 25.7 Å². The first-order valence-electron chi connectivity index (χ1n) is 9.16. The molecule has 3 aromatic rings. The number of anilines is 3. The summed E-state index contributed by atoms with van der Waals surface area (Å²) in [6, 6.07) is 8.18. The second-order valence-corrected chi connectivity index (χ2v) is 6.41. The molecular weight excluding hydrogens is 401 g/mol. The minimum atomic E-state index is -4.37. The maximum atomic E-state index is 12.6. The molecule has 0 spiro atoms. The average molecular weight is 422 g/mol. The molecule has 0 aliphatic rings. The lowest BCUT2D eigenvalue weighted by molar-refractivity contribution is -0.115. The molecule has 4 N–H and O–H groups in total. The number of ether oxygens (including phenoxy) is 1. The van der Waals surface area contributed by atoms with E-state index < -0.39 is 12.7 Å². The van der Waals surface area contributed by atoms with E-state index in [1.165, 1.54) is 0 Å². The minimum Gasteiger partial charge on any atom is -0.385 e. The Kier molecular flexibility index (Phi) is 6.72. The summed E-state index contributed by atoms with van der Waals surface area (Å²) in [6.45, 7) is -0.142. The fraction of sp³-hybridized carbons (Fsp3) is 0.316. The Balaban J connectivity index is 1.69. The van der Waals surface area contributed by atoms with Crippen LogP contribution >= 0.6 is 0 Å². The Morgan fingerprint density at radius 1 is 1.17 bits per heavy atom. The van der Waals surface area contributed by atoms with Crippen molar-refractivity contribution in [2.75, 3.05) is 37.4 Å². The molecule has 0 fully saturated rings. The molecule has 0 atom stereocenters. The third-order valence-electron chi connectivity index (χ3n) is 4.09. The molecule has 0 bridgehead atoms. The lowest BCUT2D eigenvalue weighted by Crippen LogP contribution is -2.25. The van der Waals surface area contributed by atoms with E-state index in [1.54, 1.807) is 43.6 Å². The summed E-state index contributed by atoms with van der Waals surface area (Å²) in [7, 11) is 1.60. The fourth-order valence-electron chi connectivity index (χ4n) is 2.67. The highest BCUT2D eigenvalue weighted by Crippen LogP contribution is 2.24. The summed E-state index contributed by atoms with van der Waals surface area (Å²) in [6.07, 6.45) is -2.09. The Hall–Kier alpha value is -3.34. The van der Waals surface area contributed by atoms with Gasteiger partial charge in [-0.1, -0.05) is 0 Å². The molecular formula is C19H21F3N6O2. The van der Waals surface area contributed by atoms with Gasteiger partial charge in [0.2, 0.25) is 5.95 Å². The number of hydrogen-bond acceptors (Lipinski definition) is 6. The van der Waals surface area contributed by atoms with Crippen molar-refractivity contribution in [3.63, 3.8) is 0 Å². The van der Waals surface area contributed by atoms with Crippen LogP contribution in [0.4, 0.5) is 30.6 Å². The normalized spacial score (nSPS) is 11.5. The Morgan fingerprint density at radius 3 is 2.63 bits per heavy atom. The zero-order valence-corrected chi connectivity index (χ0v) is 16.1. The first kappa shape index (κ1) is 21.4. The molecule has 1 amide bonds. The average Bonchev–Trinajstić information content (AvgIpc) is 3.18. The Labute approximate surface area is 170 Å². The van der Waals surface area contributed by atoms with Crippen molar-refractivity contribution in [1.29, 1.82) is 0 Å². The summed E-state index contributed by atoms with van der Waals surface area (Å²) in [5.74, 6) is -0.0279. The molecule has 0 radical (unpaired) electrons. The molecule has 11 heteroatoms. The summed E-state index contributed by atoms with van der Waals surface area (Å²) in [5, 5.41) is 8.47. The highest BCUT2D eigenvalue weighted by Gasteiger charge is 2.27. The van der Waals surface area contributed by atoms with E-state index in [2.05, 4.69) is 30.9 Å². The lowest BCUT2D eigenvalue weighted by atomic mass is 10.2. The van der Waals surface area contributed by atoms with Crippen LogP contribution in [0, 0.1) is 0 Å². The van der Waals surface area contributed by atoms with Crippen molar-refractivity contribution < 1.29 is 22.7 Å². The molecule has 2 aromatic heterocycles. The number of rotatable bonds is 9. The summed E-state index contributed by atoms with van der Waals surface area (Å²) >= 11 is 0. The van der Waals surface area contributed by atoms with Crippen LogP contribution in [0.25, 0.3) is 11.0 Å². The number of methoxy groups -OCH3 is 1. The van der Waals surface area contributed by atoms with Gasteiger partial charge in [-0.25, -0.2) is 0 Å². The van der Waals surface area contributed by atoms with Gasteiger partial charge in [-0.3, -0.25) is 4.79 Å². The molecule has 0 saturated carbocycles. The number of nitrogens with zero attached hydrogens (tertiary/aromatic N) is 2. The number of benzene rings is 1. The number of carbonyl (C=O) groups excluding carboxylic acids is 1. The molecule has 3 rings (SSSR count). The number of hydrogen-bond donors (Lipinski definition) is 4. The van der Waals surface area contributed by atoms with Crippen LogP contribution in [0.1, 0.15) is 16.8 Å². The SMILES string of the molecule is COCCCNC(=O)c1ccc(Nc2nc(NCC(F)(F)F)c3cc[nH]c3n2)cc1. The van der Waals surface area contributed by atoms with Crippen LogP contribution in [0.3, 0.4) is 0 Å². The van der Waals surface area contributed by atoms with Crippen molar-refractivity contribution in [1.82, 2.24) is 20.3 Å². The minimum absolute atomic E-state index is 0.0631. The number of aromatic amines is 1. The number of amides is 1. The summed E-state index contributed by atoms with van der Waals surface area (Å²) < 4.78 is 42.6. The van der Waals surface area contributed by atoms with Crippen LogP contribution in [0.5, 0.6) is 0 Å². The van der Waals surface area contributed by atoms with Crippen molar-refractivity contribution in [3.8, 4) is 0 Å². The van der Waals surface area contributed by atoms with E-state index in [1.807, 2.05) is 0 Å². The maximum absolute atomic E-state index is 12.6. The van der Waals surface area contributed by atoms with Crippen LogP contribution in [0.15, 0.2) is 36.5 Å². The van der Waals surface area contributed by atoms with E-state index in [9.17, 15) is 18.0 Å². The Morgan fingerprint density at radius 2 is 1.93 bits per heavy atom. The monoisotopic (exact) mass is 422 g/mol. The molecule has 0 unspecified atom stereocenters. The molecule has 1 aromatic carbocycles. The number of carbonyl (C=O) groups is 1. The van der Waals surface area contributed by atoms with E-state index in [0.29, 0.717) is 41.9 Å². The maximum Gasteiger partial charge on any atom is 0.405 e. The van der Waals surface area contributed by atoms with Gasteiger partial charge in [-0.2, -0.15) is 23.1 Å². The Bertz CT molecular complexity index is 988. The highest BCUT2D eigenvalue weighted by atomic mass is 19.4. The molecule has 0 saturated heterocycles. The van der Waals surface area contributed by atoms with Gasteiger partial charge in [-0.15, -0.1) is 0 Å². The molecule has 8 nitrogen and oxygen atoms in total. The third-order valence-corrected chi connectivity index (χ3v) is 4.09. The summed E-state index contributed by atoms with van der Waals surface area (Å²) in [5.41, 5.74) is 1.45. The van der Waals surface area contributed by atoms with Gasteiger partial charge >= 0.3 is 6.18 Å². The van der Waals surface area contributed by atoms with Gasteiger partial charge in [0, 0.05) is 37.7 Å². The largest absolute Gasteiger partial charge is 0.405 e. The van der Waals surface area contributed by atoms with E-state index in [-0.39, 0.29) is 17.7 Å². The van der Waals surface area contributed by atoms with Crippen LogP contribution < -0.4 is 16.0 Å². The first-order valence-corrected chi connectivity index (χ1v) is 9.16. The van der Waals surface area contributed by atoms with E-state index in [4.69, 9.17) is 4.74 Å². The molecule has 30 heavy (non-hydrogen) atoms. The van der Waals surface area contributed by atoms with Crippen LogP contribution in [-0.2, 0) is 4.74 Å². The van der Waals surface area contributed by atoms with Crippen LogP contribution in [0.2, 0.25) is 0 Å². The quantitative estimate of drug-likeness (QED) is 0.394.